The Morgan fingerprint density at radius 2 is 1.81 bits per heavy atom. The van der Waals surface area contributed by atoms with Crippen molar-refractivity contribution >= 4 is 11.8 Å². The molecule has 1 heterocycles. The van der Waals surface area contributed by atoms with Crippen LogP contribution in [0.25, 0.3) is 0 Å². The van der Waals surface area contributed by atoms with E-state index < -0.39 is 0 Å². The topological polar surface area (TPSA) is 41.3 Å². The number of nitrogens with two attached hydrogens (primary N) is 1. The van der Waals surface area contributed by atoms with Gasteiger partial charge in [0.25, 0.3) is 0 Å². The molecule has 0 aromatic rings. The highest BCUT2D eigenvalue weighted by atomic mass is 32.2. The average molecular weight is 243 g/mol. The van der Waals surface area contributed by atoms with Crippen molar-refractivity contribution in [3.63, 3.8) is 0 Å². The van der Waals surface area contributed by atoms with Crippen LogP contribution in [0.4, 0.5) is 0 Å². The van der Waals surface area contributed by atoms with Crippen LogP contribution in [0.15, 0.2) is 0 Å². The Balaban J connectivity index is 1.53. The molecule has 16 heavy (non-hydrogen) atoms. The smallest absolute Gasteiger partial charge is 0.0108 e. The van der Waals surface area contributed by atoms with E-state index in [2.05, 4.69) is 22.0 Å². The maximum atomic E-state index is 5.90. The Labute approximate surface area is 104 Å². The lowest BCUT2D eigenvalue weighted by atomic mass is 9.92. The molecular formula is C12H25N3S. The first-order chi connectivity index (χ1) is 7.84. The van der Waals surface area contributed by atoms with Gasteiger partial charge in [-0.25, -0.2) is 0 Å². The van der Waals surface area contributed by atoms with E-state index >= 15 is 0 Å². The van der Waals surface area contributed by atoms with Gasteiger partial charge in [-0.05, 0) is 25.7 Å². The van der Waals surface area contributed by atoms with Crippen molar-refractivity contribution in [3.8, 4) is 0 Å². The molecule has 2 rings (SSSR count). The monoisotopic (exact) mass is 243 g/mol. The molecule has 0 spiro atoms. The number of thioether (sulfide) groups is 1. The molecule has 0 amide bonds. The Morgan fingerprint density at radius 1 is 1.12 bits per heavy atom. The highest BCUT2D eigenvalue weighted by Crippen LogP contribution is 2.16. The summed E-state index contributed by atoms with van der Waals surface area (Å²) in [4.78, 5) is 2.58. The van der Waals surface area contributed by atoms with E-state index in [4.69, 9.17) is 5.73 Å². The van der Waals surface area contributed by atoms with E-state index in [1.807, 2.05) is 0 Å². The number of hydrogen-bond acceptors (Lipinski definition) is 4. The van der Waals surface area contributed by atoms with Gasteiger partial charge in [-0.2, -0.15) is 11.8 Å². The number of hydrogen-bond donors (Lipinski definition) is 2. The molecular weight excluding hydrogens is 218 g/mol. The fourth-order valence-corrected chi connectivity index (χ4v) is 3.55. The first kappa shape index (κ1) is 12.7. The van der Waals surface area contributed by atoms with Crippen molar-refractivity contribution in [3.05, 3.63) is 0 Å². The van der Waals surface area contributed by atoms with E-state index in [1.54, 1.807) is 0 Å². The molecule has 0 aromatic carbocycles. The number of nitrogens with zero attached hydrogens (tertiary/aromatic N) is 1. The van der Waals surface area contributed by atoms with Gasteiger partial charge in [-0.15, -0.1) is 0 Å². The minimum atomic E-state index is 0.470. The van der Waals surface area contributed by atoms with Crippen LogP contribution in [0, 0.1) is 0 Å². The predicted molar refractivity (Wildman–Crippen MR) is 72.0 cm³/mol. The summed E-state index contributed by atoms with van der Waals surface area (Å²) in [5, 5.41) is 3.69. The molecule has 1 saturated carbocycles. The molecule has 0 unspecified atom stereocenters. The Bertz CT molecular complexity index is 187. The zero-order chi connectivity index (χ0) is 11.2. The van der Waals surface area contributed by atoms with Crippen molar-refractivity contribution in [1.82, 2.24) is 10.2 Å². The van der Waals surface area contributed by atoms with E-state index in [0.29, 0.717) is 6.04 Å². The summed E-state index contributed by atoms with van der Waals surface area (Å²) < 4.78 is 0. The summed E-state index contributed by atoms with van der Waals surface area (Å²) in [6.45, 7) is 4.94. The van der Waals surface area contributed by atoms with Gasteiger partial charge in [0.05, 0.1) is 0 Å². The molecule has 2 fully saturated rings. The highest BCUT2D eigenvalue weighted by molar-refractivity contribution is 7.99. The Hall–Kier alpha value is 0.230. The first-order valence-electron chi connectivity index (χ1n) is 6.63. The van der Waals surface area contributed by atoms with E-state index in [0.717, 1.165) is 12.6 Å². The van der Waals surface area contributed by atoms with Gasteiger partial charge in [0.15, 0.2) is 0 Å². The molecule has 1 saturated heterocycles. The first-order valence-corrected chi connectivity index (χ1v) is 7.79. The van der Waals surface area contributed by atoms with Gasteiger partial charge >= 0.3 is 0 Å². The molecule has 0 bridgehead atoms. The lowest BCUT2D eigenvalue weighted by molar-refractivity contribution is 0.279. The van der Waals surface area contributed by atoms with E-state index in [-0.39, 0.29) is 0 Å². The molecule has 3 nitrogen and oxygen atoms in total. The van der Waals surface area contributed by atoms with Gasteiger partial charge in [0.1, 0.15) is 0 Å². The zero-order valence-electron chi connectivity index (χ0n) is 10.2. The fraction of sp³-hybridized carbons (Fsp3) is 1.00. The third-order valence-electron chi connectivity index (χ3n) is 3.74. The summed E-state index contributed by atoms with van der Waals surface area (Å²) in [7, 11) is 0. The van der Waals surface area contributed by atoms with Gasteiger partial charge < -0.3 is 16.0 Å². The normalized spacial score (nSPS) is 32.8. The van der Waals surface area contributed by atoms with Crippen LogP contribution in [0.5, 0.6) is 0 Å². The Morgan fingerprint density at radius 3 is 2.50 bits per heavy atom. The van der Waals surface area contributed by atoms with Crippen molar-refractivity contribution < 1.29 is 0 Å². The van der Waals surface area contributed by atoms with E-state index in [9.17, 15) is 0 Å². The van der Waals surface area contributed by atoms with Gasteiger partial charge in [0.2, 0.25) is 0 Å². The molecule has 0 atom stereocenters. The van der Waals surface area contributed by atoms with Crippen molar-refractivity contribution in [2.45, 2.75) is 37.8 Å². The van der Waals surface area contributed by atoms with Crippen LogP contribution in [-0.4, -0.2) is 54.7 Å². The molecule has 3 N–H and O–H groups in total. The number of nitrogens with one attached hydrogen (secondary N) is 1. The third kappa shape index (κ3) is 4.24. The van der Waals surface area contributed by atoms with Crippen LogP contribution in [-0.2, 0) is 0 Å². The SMILES string of the molecule is NC1CCC(NCCN2CCSCC2)CC1. The minimum absolute atomic E-state index is 0.470. The van der Waals surface area contributed by atoms with E-state index in [1.165, 1.54) is 56.8 Å². The lowest BCUT2D eigenvalue weighted by Gasteiger charge is -2.29. The largest absolute Gasteiger partial charge is 0.328 e. The van der Waals surface area contributed by atoms with Crippen molar-refractivity contribution in [1.29, 1.82) is 0 Å². The van der Waals surface area contributed by atoms with Gasteiger partial charge in [-0.1, -0.05) is 0 Å². The fourth-order valence-electron chi connectivity index (χ4n) is 2.57. The van der Waals surface area contributed by atoms with Crippen LogP contribution in [0.2, 0.25) is 0 Å². The molecule has 94 valence electrons. The standard InChI is InChI=1S/C12H25N3S/c13-11-1-3-12(4-2-11)14-5-6-15-7-9-16-10-8-15/h11-12,14H,1-10,13H2. The van der Waals surface area contributed by atoms with Gasteiger partial charge in [0, 0.05) is 49.8 Å². The maximum Gasteiger partial charge on any atom is 0.0108 e. The lowest BCUT2D eigenvalue weighted by Crippen LogP contribution is -2.42. The zero-order valence-corrected chi connectivity index (χ0v) is 11.0. The van der Waals surface area contributed by atoms with Crippen molar-refractivity contribution in [2.24, 2.45) is 5.73 Å². The Kier molecular flexibility index (Phi) is 5.42. The van der Waals surface area contributed by atoms with Crippen molar-refractivity contribution in [2.75, 3.05) is 37.7 Å². The van der Waals surface area contributed by atoms with Crippen LogP contribution < -0.4 is 11.1 Å². The molecule has 0 aromatic heterocycles. The second kappa shape index (κ2) is 6.84. The second-order valence-corrected chi connectivity index (χ2v) is 6.24. The van der Waals surface area contributed by atoms with Crippen LogP contribution in [0.3, 0.4) is 0 Å². The second-order valence-electron chi connectivity index (χ2n) is 5.02. The molecule has 1 aliphatic heterocycles. The third-order valence-corrected chi connectivity index (χ3v) is 4.68. The predicted octanol–water partition coefficient (Wildman–Crippen LogP) is 0.895. The average Bonchev–Trinajstić information content (AvgIpc) is 2.33. The minimum Gasteiger partial charge on any atom is -0.328 e. The maximum absolute atomic E-state index is 5.90. The summed E-state index contributed by atoms with van der Waals surface area (Å²) in [6.07, 6.45) is 4.96. The summed E-state index contributed by atoms with van der Waals surface area (Å²) in [5.74, 6) is 2.64. The quantitative estimate of drug-likeness (QED) is 0.770. The molecule has 4 heteroatoms. The van der Waals surface area contributed by atoms with Crippen LogP contribution in [0.1, 0.15) is 25.7 Å². The molecule has 1 aliphatic carbocycles. The van der Waals surface area contributed by atoms with Crippen LogP contribution >= 0.6 is 11.8 Å². The summed E-state index contributed by atoms with van der Waals surface area (Å²) in [6, 6.07) is 1.20. The molecule has 0 radical (unpaired) electrons. The summed E-state index contributed by atoms with van der Waals surface area (Å²) in [5.41, 5.74) is 5.90. The highest BCUT2D eigenvalue weighted by Gasteiger charge is 2.18. The van der Waals surface area contributed by atoms with Gasteiger partial charge in [-0.3, -0.25) is 0 Å². The molecule has 2 aliphatic rings. The summed E-state index contributed by atoms with van der Waals surface area (Å²) >= 11 is 2.08. The number of rotatable bonds is 4.